The van der Waals surface area contributed by atoms with Gasteiger partial charge in [0.1, 0.15) is 11.6 Å². The molecule has 0 saturated carbocycles. The van der Waals surface area contributed by atoms with Crippen LogP contribution in [-0.4, -0.2) is 29.6 Å². The minimum absolute atomic E-state index is 0.0138. The molecule has 1 fully saturated rings. The van der Waals surface area contributed by atoms with Gasteiger partial charge >= 0.3 is 0 Å². The Bertz CT molecular complexity index is 735. The zero-order valence-corrected chi connectivity index (χ0v) is 14.4. The fourth-order valence-electron chi connectivity index (χ4n) is 2.82. The van der Waals surface area contributed by atoms with Gasteiger partial charge in [0.15, 0.2) is 0 Å². The summed E-state index contributed by atoms with van der Waals surface area (Å²) in [5, 5.41) is 0.0997. The molecule has 6 heteroatoms. The van der Waals surface area contributed by atoms with E-state index < -0.39 is 11.7 Å². The zero-order valence-electron chi connectivity index (χ0n) is 12.8. The van der Waals surface area contributed by atoms with Gasteiger partial charge in [0.25, 0.3) is 5.91 Å². The first-order valence-corrected chi connectivity index (χ1v) is 9.10. The van der Waals surface area contributed by atoms with Gasteiger partial charge in [0.05, 0.1) is 10.6 Å². The Morgan fingerprint density at radius 1 is 1.08 bits per heavy atom. The average Bonchev–Trinajstić information content (AvgIpc) is 2.81. The lowest BCUT2D eigenvalue weighted by molar-refractivity contribution is 0.0762. The number of rotatable bonds is 2. The number of halogens is 3. The van der Waals surface area contributed by atoms with E-state index in [0.717, 1.165) is 0 Å². The lowest BCUT2D eigenvalue weighted by Gasteiger charge is -2.21. The van der Waals surface area contributed by atoms with E-state index >= 15 is 0 Å². The predicted molar refractivity (Wildman–Crippen MR) is 93.5 cm³/mol. The van der Waals surface area contributed by atoms with E-state index in [4.69, 9.17) is 11.6 Å². The summed E-state index contributed by atoms with van der Waals surface area (Å²) < 4.78 is 27.9. The zero-order chi connectivity index (χ0) is 17.1. The molecular weight excluding hydrogens is 352 g/mol. The number of hydrogen-bond donors (Lipinski definition) is 0. The fourth-order valence-corrected chi connectivity index (χ4v) is 4.32. The van der Waals surface area contributed by atoms with Gasteiger partial charge in [-0.05, 0) is 24.6 Å². The Balaban J connectivity index is 1.76. The molecule has 3 rings (SSSR count). The molecule has 0 aromatic heterocycles. The standard InChI is InChI=1S/C18H16ClF2NOS/c19-13-5-3-7-15(21)17(13)18(23)22-9-8-16(24-11-10-22)12-4-1-2-6-14(12)20/h1-7,16H,8-11H2/t16-/m1/s1. The number of carbonyl (C=O) groups is 1. The highest BCUT2D eigenvalue weighted by molar-refractivity contribution is 7.99. The van der Waals surface area contributed by atoms with Crippen molar-refractivity contribution in [2.45, 2.75) is 11.7 Å². The van der Waals surface area contributed by atoms with Crippen LogP contribution in [0, 0.1) is 11.6 Å². The molecule has 0 unspecified atom stereocenters. The second-order valence-electron chi connectivity index (χ2n) is 5.56. The van der Waals surface area contributed by atoms with Crippen molar-refractivity contribution < 1.29 is 13.6 Å². The third kappa shape index (κ3) is 3.57. The molecule has 1 atom stereocenters. The van der Waals surface area contributed by atoms with Crippen LogP contribution in [0.3, 0.4) is 0 Å². The smallest absolute Gasteiger partial charge is 0.258 e. The lowest BCUT2D eigenvalue weighted by Crippen LogP contribution is -2.33. The summed E-state index contributed by atoms with van der Waals surface area (Å²) in [5.41, 5.74) is 0.564. The van der Waals surface area contributed by atoms with Crippen LogP contribution in [0.25, 0.3) is 0 Å². The van der Waals surface area contributed by atoms with Gasteiger partial charge in [-0.25, -0.2) is 8.78 Å². The summed E-state index contributed by atoms with van der Waals surface area (Å²) in [5.74, 6) is -0.591. The number of hydrogen-bond acceptors (Lipinski definition) is 2. The van der Waals surface area contributed by atoms with Crippen molar-refractivity contribution in [3.8, 4) is 0 Å². The molecule has 0 radical (unpaired) electrons. The van der Waals surface area contributed by atoms with Gasteiger partial charge in [-0.3, -0.25) is 4.79 Å². The van der Waals surface area contributed by atoms with E-state index in [9.17, 15) is 13.6 Å². The molecule has 2 aromatic rings. The van der Waals surface area contributed by atoms with Crippen molar-refractivity contribution in [2.24, 2.45) is 0 Å². The van der Waals surface area contributed by atoms with E-state index in [-0.39, 0.29) is 21.7 Å². The van der Waals surface area contributed by atoms with Crippen LogP contribution in [0.5, 0.6) is 0 Å². The van der Waals surface area contributed by atoms with E-state index in [1.54, 1.807) is 28.8 Å². The first kappa shape index (κ1) is 17.2. The maximum atomic E-state index is 14.0. The van der Waals surface area contributed by atoms with Gasteiger partial charge in [-0.15, -0.1) is 0 Å². The van der Waals surface area contributed by atoms with E-state index in [2.05, 4.69) is 0 Å². The minimum atomic E-state index is -0.616. The largest absolute Gasteiger partial charge is 0.338 e. The van der Waals surface area contributed by atoms with Gasteiger partial charge in [0.2, 0.25) is 0 Å². The topological polar surface area (TPSA) is 20.3 Å². The number of benzene rings is 2. The first-order valence-electron chi connectivity index (χ1n) is 7.67. The first-order chi connectivity index (χ1) is 11.6. The monoisotopic (exact) mass is 367 g/mol. The maximum Gasteiger partial charge on any atom is 0.258 e. The van der Waals surface area contributed by atoms with Gasteiger partial charge in [-0.1, -0.05) is 35.9 Å². The molecule has 0 bridgehead atoms. The van der Waals surface area contributed by atoms with Crippen LogP contribution < -0.4 is 0 Å². The highest BCUT2D eigenvalue weighted by Crippen LogP contribution is 2.36. The van der Waals surface area contributed by atoms with Crippen LogP contribution in [0.2, 0.25) is 5.02 Å². The Morgan fingerprint density at radius 3 is 2.58 bits per heavy atom. The molecule has 0 N–H and O–H groups in total. The number of thioether (sulfide) groups is 1. The van der Waals surface area contributed by atoms with E-state index in [0.29, 0.717) is 30.8 Å². The summed E-state index contributed by atoms with van der Waals surface area (Å²) in [4.78, 5) is 14.2. The highest BCUT2D eigenvalue weighted by atomic mass is 35.5. The van der Waals surface area contributed by atoms with Crippen molar-refractivity contribution in [3.63, 3.8) is 0 Å². The van der Waals surface area contributed by atoms with Crippen molar-refractivity contribution in [1.82, 2.24) is 4.90 Å². The van der Waals surface area contributed by atoms with Gasteiger partial charge in [0, 0.05) is 29.7 Å². The number of carbonyl (C=O) groups excluding carboxylic acids is 1. The van der Waals surface area contributed by atoms with Crippen LogP contribution in [-0.2, 0) is 0 Å². The Hall–Kier alpha value is -1.59. The molecule has 24 heavy (non-hydrogen) atoms. The van der Waals surface area contributed by atoms with Crippen LogP contribution in [0.4, 0.5) is 8.78 Å². The van der Waals surface area contributed by atoms with Crippen LogP contribution in [0.1, 0.15) is 27.6 Å². The van der Waals surface area contributed by atoms with Crippen molar-refractivity contribution in [2.75, 3.05) is 18.8 Å². The van der Waals surface area contributed by atoms with E-state index in [1.807, 2.05) is 6.07 Å². The molecule has 0 spiro atoms. The summed E-state index contributed by atoms with van der Waals surface area (Å²) in [6, 6.07) is 10.9. The quantitative estimate of drug-likeness (QED) is 0.749. The summed E-state index contributed by atoms with van der Waals surface area (Å²) in [6.45, 7) is 0.925. The fraction of sp³-hybridized carbons (Fsp3) is 0.278. The number of amides is 1. The van der Waals surface area contributed by atoms with Gasteiger partial charge in [-0.2, -0.15) is 11.8 Å². The third-order valence-electron chi connectivity index (χ3n) is 4.06. The second kappa shape index (κ2) is 7.53. The molecule has 1 heterocycles. The average molecular weight is 368 g/mol. The number of nitrogens with zero attached hydrogens (tertiary/aromatic N) is 1. The normalized spacial score (nSPS) is 18.3. The summed E-state index contributed by atoms with van der Waals surface area (Å²) in [7, 11) is 0. The van der Waals surface area contributed by atoms with Crippen LogP contribution in [0.15, 0.2) is 42.5 Å². The third-order valence-corrected chi connectivity index (χ3v) is 5.68. The Kier molecular flexibility index (Phi) is 5.41. The van der Waals surface area contributed by atoms with Crippen molar-refractivity contribution >= 4 is 29.3 Å². The van der Waals surface area contributed by atoms with E-state index in [1.165, 1.54) is 24.3 Å². The van der Waals surface area contributed by atoms with Gasteiger partial charge < -0.3 is 4.90 Å². The van der Waals surface area contributed by atoms with Crippen LogP contribution >= 0.6 is 23.4 Å². The predicted octanol–water partition coefficient (Wildman–Crippen LogP) is 4.94. The lowest BCUT2D eigenvalue weighted by atomic mass is 10.1. The van der Waals surface area contributed by atoms with Crippen molar-refractivity contribution in [3.05, 3.63) is 70.2 Å². The molecular formula is C18H16ClF2NOS. The molecule has 1 amide bonds. The second-order valence-corrected chi connectivity index (χ2v) is 7.28. The highest BCUT2D eigenvalue weighted by Gasteiger charge is 2.26. The molecule has 2 aromatic carbocycles. The Labute approximate surface area is 148 Å². The molecule has 1 aliphatic heterocycles. The SMILES string of the molecule is O=C(c1c(F)cccc1Cl)N1CCS[C@@H](c2ccccc2F)CC1. The summed E-state index contributed by atoms with van der Waals surface area (Å²) in [6.07, 6.45) is 0.614. The summed E-state index contributed by atoms with van der Waals surface area (Å²) >= 11 is 7.60. The molecule has 126 valence electrons. The Morgan fingerprint density at radius 2 is 1.83 bits per heavy atom. The molecule has 0 aliphatic carbocycles. The molecule has 1 aliphatic rings. The molecule has 2 nitrogen and oxygen atoms in total. The maximum absolute atomic E-state index is 14.0. The minimum Gasteiger partial charge on any atom is -0.338 e. The molecule has 1 saturated heterocycles. The van der Waals surface area contributed by atoms with Crippen molar-refractivity contribution in [1.29, 1.82) is 0 Å².